The van der Waals surface area contributed by atoms with Crippen LogP contribution in [0.3, 0.4) is 0 Å². The maximum absolute atomic E-state index is 13.1. The number of imidazole rings is 1. The Hall–Kier alpha value is -3.34. The molecule has 162 valence electrons. The summed E-state index contributed by atoms with van der Waals surface area (Å²) in [6.07, 6.45) is -3.16. The van der Waals surface area contributed by atoms with Crippen molar-refractivity contribution in [1.82, 2.24) is 9.55 Å². The Kier molecular flexibility index (Phi) is 6.64. The zero-order chi connectivity index (χ0) is 22.6. The Morgan fingerprint density at radius 2 is 1.94 bits per heavy atom. The smallest absolute Gasteiger partial charge is 0.320 e. The van der Waals surface area contributed by atoms with Gasteiger partial charge in [-0.2, -0.15) is 13.2 Å². The molecule has 3 aromatic rings. The van der Waals surface area contributed by atoms with Crippen LogP contribution >= 0.6 is 11.8 Å². The van der Waals surface area contributed by atoms with E-state index in [2.05, 4.69) is 10.3 Å². The van der Waals surface area contributed by atoms with Crippen molar-refractivity contribution >= 4 is 29.0 Å². The standard InChI is InChI=1S/C20H17F3N4O3S/c1-13-7-8-15(16(9-13)27(29)30)25-18(28)11-31-19-24-10-17(14-5-3-2-4-6-14)26(19)12-20(21,22)23/h2-10H,11-12H2,1H3,(H,25,28). The Morgan fingerprint density at radius 3 is 2.58 bits per heavy atom. The van der Waals surface area contributed by atoms with Gasteiger partial charge < -0.3 is 9.88 Å². The number of aryl methyl sites for hydroxylation is 1. The molecule has 0 saturated heterocycles. The minimum atomic E-state index is -4.48. The second-order valence-electron chi connectivity index (χ2n) is 6.61. The lowest BCUT2D eigenvalue weighted by Gasteiger charge is -2.14. The second kappa shape index (κ2) is 9.21. The van der Waals surface area contributed by atoms with Crippen molar-refractivity contribution in [3.8, 4) is 11.3 Å². The van der Waals surface area contributed by atoms with Gasteiger partial charge >= 0.3 is 6.18 Å². The first-order valence-electron chi connectivity index (χ1n) is 8.99. The summed E-state index contributed by atoms with van der Waals surface area (Å²) < 4.78 is 40.4. The summed E-state index contributed by atoms with van der Waals surface area (Å²) in [5.41, 5.74) is 1.25. The number of halogens is 3. The molecule has 0 aliphatic heterocycles. The normalized spacial score (nSPS) is 11.4. The number of carbonyl (C=O) groups is 1. The summed E-state index contributed by atoms with van der Waals surface area (Å²) in [5, 5.41) is 13.6. The fourth-order valence-corrected chi connectivity index (χ4v) is 3.64. The number of anilines is 1. The molecule has 1 aromatic heterocycles. The Balaban J connectivity index is 1.78. The first kappa shape index (κ1) is 22.3. The van der Waals surface area contributed by atoms with Crippen LogP contribution in [0, 0.1) is 17.0 Å². The van der Waals surface area contributed by atoms with E-state index in [1.807, 2.05) is 0 Å². The molecule has 1 N–H and O–H groups in total. The number of nitrogens with one attached hydrogen (secondary N) is 1. The van der Waals surface area contributed by atoms with E-state index in [1.54, 1.807) is 43.3 Å². The van der Waals surface area contributed by atoms with Crippen molar-refractivity contribution in [2.24, 2.45) is 0 Å². The number of hydrogen-bond acceptors (Lipinski definition) is 5. The van der Waals surface area contributed by atoms with Crippen LogP contribution in [-0.4, -0.2) is 32.3 Å². The highest BCUT2D eigenvalue weighted by atomic mass is 32.2. The summed E-state index contributed by atoms with van der Waals surface area (Å²) in [6.45, 7) is 0.420. The van der Waals surface area contributed by atoms with Crippen LogP contribution in [0.15, 0.2) is 59.9 Å². The third kappa shape index (κ3) is 5.85. The van der Waals surface area contributed by atoms with Crippen LogP contribution in [0.4, 0.5) is 24.5 Å². The maximum atomic E-state index is 13.1. The molecule has 11 heteroatoms. The predicted octanol–water partition coefficient (Wildman–Crippen LogP) is 5.06. The number of amides is 1. The van der Waals surface area contributed by atoms with Gasteiger partial charge in [-0.05, 0) is 24.1 Å². The van der Waals surface area contributed by atoms with Gasteiger partial charge in [0.2, 0.25) is 5.91 Å². The maximum Gasteiger partial charge on any atom is 0.406 e. The number of nitro groups is 1. The minimum Gasteiger partial charge on any atom is -0.320 e. The number of thioether (sulfide) groups is 1. The Labute approximate surface area is 179 Å². The number of carbonyl (C=O) groups excluding carboxylic acids is 1. The van der Waals surface area contributed by atoms with E-state index in [0.717, 1.165) is 16.3 Å². The highest BCUT2D eigenvalue weighted by molar-refractivity contribution is 7.99. The lowest BCUT2D eigenvalue weighted by Crippen LogP contribution is -2.20. The Morgan fingerprint density at radius 1 is 1.23 bits per heavy atom. The van der Waals surface area contributed by atoms with Crippen molar-refractivity contribution < 1.29 is 22.9 Å². The monoisotopic (exact) mass is 450 g/mol. The average molecular weight is 450 g/mol. The topological polar surface area (TPSA) is 90.1 Å². The molecule has 3 rings (SSSR count). The molecule has 0 spiro atoms. The number of nitro benzene ring substituents is 1. The molecule has 7 nitrogen and oxygen atoms in total. The third-order valence-corrected chi connectivity index (χ3v) is 5.17. The zero-order valence-corrected chi connectivity index (χ0v) is 17.0. The summed E-state index contributed by atoms with van der Waals surface area (Å²) in [6, 6.07) is 12.8. The van der Waals surface area contributed by atoms with E-state index in [4.69, 9.17) is 0 Å². The van der Waals surface area contributed by atoms with E-state index < -0.39 is 23.6 Å². The highest BCUT2D eigenvalue weighted by Gasteiger charge is 2.31. The molecular weight excluding hydrogens is 433 g/mol. The van der Waals surface area contributed by atoms with Gasteiger partial charge in [0.1, 0.15) is 12.2 Å². The molecular formula is C20H17F3N4O3S. The first-order valence-corrected chi connectivity index (χ1v) is 9.98. The molecule has 2 aromatic carbocycles. The van der Waals surface area contributed by atoms with Gasteiger partial charge in [-0.3, -0.25) is 14.9 Å². The Bertz CT molecular complexity index is 1100. The number of benzene rings is 2. The van der Waals surface area contributed by atoms with Gasteiger partial charge in [-0.25, -0.2) is 4.98 Å². The minimum absolute atomic E-state index is 0.0183. The summed E-state index contributed by atoms with van der Waals surface area (Å²) in [4.78, 5) is 26.9. The van der Waals surface area contributed by atoms with E-state index in [0.29, 0.717) is 11.1 Å². The molecule has 0 radical (unpaired) electrons. The third-order valence-electron chi connectivity index (χ3n) is 4.18. The van der Waals surface area contributed by atoms with Crippen LogP contribution < -0.4 is 5.32 Å². The van der Waals surface area contributed by atoms with E-state index >= 15 is 0 Å². The van der Waals surface area contributed by atoms with Crippen LogP contribution in [0.2, 0.25) is 0 Å². The van der Waals surface area contributed by atoms with Crippen molar-refractivity contribution in [2.45, 2.75) is 24.8 Å². The largest absolute Gasteiger partial charge is 0.406 e. The fourth-order valence-electron chi connectivity index (χ4n) is 2.86. The summed E-state index contributed by atoms with van der Waals surface area (Å²) >= 11 is 0.818. The first-order chi connectivity index (χ1) is 14.6. The highest BCUT2D eigenvalue weighted by Crippen LogP contribution is 2.30. The fraction of sp³-hybridized carbons (Fsp3) is 0.200. The average Bonchev–Trinajstić information content (AvgIpc) is 3.09. The molecule has 0 fully saturated rings. The summed E-state index contributed by atoms with van der Waals surface area (Å²) in [7, 11) is 0. The number of rotatable bonds is 7. The van der Waals surface area contributed by atoms with Crippen LogP contribution in [0.25, 0.3) is 11.3 Å². The van der Waals surface area contributed by atoms with Gasteiger partial charge in [-0.1, -0.05) is 48.2 Å². The van der Waals surface area contributed by atoms with Crippen LogP contribution in [-0.2, 0) is 11.3 Å². The lowest BCUT2D eigenvalue weighted by molar-refractivity contribution is -0.384. The molecule has 0 bridgehead atoms. The quantitative estimate of drug-likeness (QED) is 0.309. The van der Waals surface area contributed by atoms with Crippen LogP contribution in [0.1, 0.15) is 5.56 Å². The number of aromatic nitrogens is 2. The van der Waals surface area contributed by atoms with Gasteiger partial charge in [0.15, 0.2) is 5.16 Å². The van der Waals surface area contributed by atoms with Gasteiger partial charge in [0, 0.05) is 6.07 Å². The van der Waals surface area contributed by atoms with E-state index in [1.165, 1.54) is 18.3 Å². The van der Waals surface area contributed by atoms with Gasteiger partial charge in [-0.15, -0.1) is 0 Å². The van der Waals surface area contributed by atoms with Crippen LogP contribution in [0.5, 0.6) is 0 Å². The van der Waals surface area contributed by atoms with Crippen molar-refractivity contribution in [2.75, 3.05) is 11.1 Å². The molecule has 31 heavy (non-hydrogen) atoms. The number of alkyl halides is 3. The lowest BCUT2D eigenvalue weighted by atomic mass is 10.2. The van der Waals surface area contributed by atoms with Gasteiger partial charge in [0.25, 0.3) is 5.69 Å². The van der Waals surface area contributed by atoms with Crippen molar-refractivity contribution in [3.63, 3.8) is 0 Å². The molecule has 1 amide bonds. The molecule has 0 aliphatic carbocycles. The zero-order valence-electron chi connectivity index (χ0n) is 16.2. The van der Waals surface area contributed by atoms with Crippen molar-refractivity contribution in [1.29, 1.82) is 0 Å². The second-order valence-corrected chi connectivity index (χ2v) is 7.55. The summed E-state index contributed by atoms with van der Waals surface area (Å²) in [5.74, 6) is -0.867. The SMILES string of the molecule is Cc1ccc(NC(=O)CSc2ncc(-c3ccccc3)n2CC(F)(F)F)c([N+](=O)[O-])c1. The molecule has 0 aliphatic rings. The molecule has 1 heterocycles. The number of nitrogens with zero attached hydrogens (tertiary/aromatic N) is 3. The number of hydrogen-bond donors (Lipinski definition) is 1. The molecule has 0 unspecified atom stereocenters. The van der Waals surface area contributed by atoms with Crippen molar-refractivity contribution in [3.05, 3.63) is 70.4 Å². The molecule has 0 saturated carbocycles. The van der Waals surface area contributed by atoms with Gasteiger partial charge in [0.05, 0.1) is 22.6 Å². The van der Waals surface area contributed by atoms with E-state index in [9.17, 15) is 28.1 Å². The van der Waals surface area contributed by atoms with E-state index in [-0.39, 0.29) is 28.0 Å². The predicted molar refractivity (Wildman–Crippen MR) is 111 cm³/mol. The molecule has 0 atom stereocenters.